The lowest BCUT2D eigenvalue weighted by molar-refractivity contribution is -0.121. The van der Waals surface area contributed by atoms with E-state index in [1.165, 1.54) is 4.57 Å². The number of aromatic carboxylic acids is 1. The Morgan fingerprint density at radius 2 is 2.00 bits per heavy atom. The summed E-state index contributed by atoms with van der Waals surface area (Å²) in [6.07, 6.45) is 0. The molecule has 0 saturated carbocycles. The Labute approximate surface area is 114 Å². The quantitative estimate of drug-likeness (QED) is 0.861. The number of pyridine rings is 1. The van der Waals surface area contributed by atoms with Crippen LogP contribution in [0, 0.1) is 5.92 Å². The minimum atomic E-state index is -1.16. The van der Waals surface area contributed by atoms with Crippen LogP contribution in [0.3, 0.4) is 0 Å². The average Bonchev–Trinajstić information content (AvgIpc) is 2.40. The molecule has 1 amide bonds. The van der Waals surface area contributed by atoms with Crippen molar-refractivity contribution in [3.8, 4) is 0 Å². The van der Waals surface area contributed by atoms with Crippen molar-refractivity contribution in [2.45, 2.75) is 13.5 Å². The Bertz CT molecular complexity index is 748. The van der Waals surface area contributed by atoms with Crippen LogP contribution in [0.1, 0.15) is 17.3 Å². The molecule has 0 spiro atoms. The van der Waals surface area contributed by atoms with Crippen LogP contribution >= 0.6 is 0 Å². The second-order valence-corrected chi connectivity index (χ2v) is 4.63. The van der Waals surface area contributed by atoms with Crippen molar-refractivity contribution in [3.63, 3.8) is 0 Å². The first-order chi connectivity index (χ1) is 9.41. The van der Waals surface area contributed by atoms with Gasteiger partial charge in [0.25, 0.3) is 5.56 Å². The van der Waals surface area contributed by atoms with Crippen molar-refractivity contribution in [2.24, 2.45) is 11.7 Å². The van der Waals surface area contributed by atoms with E-state index in [0.717, 1.165) is 6.07 Å². The number of primary amides is 1. The summed E-state index contributed by atoms with van der Waals surface area (Å²) >= 11 is 0. The van der Waals surface area contributed by atoms with E-state index < -0.39 is 23.4 Å². The van der Waals surface area contributed by atoms with E-state index in [-0.39, 0.29) is 12.1 Å². The van der Waals surface area contributed by atoms with Crippen molar-refractivity contribution in [2.75, 3.05) is 0 Å². The Kier molecular flexibility index (Phi) is 3.56. The molecule has 0 fully saturated rings. The molecule has 3 N–H and O–H groups in total. The molecule has 2 rings (SSSR count). The number of nitrogens with zero attached hydrogens (tertiary/aromatic N) is 1. The number of aromatic nitrogens is 1. The third-order valence-corrected chi connectivity index (χ3v) is 3.19. The Hall–Kier alpha value is -2.63. The van der Waals surface area contributed by atoms with Crippen LogP contribution in [0.2, 0.25) is 0 Å². The first kappa shape index (κ1) is 13.8. The zero-order chi connectivity index (χ0) is 14.9. The number of rotatable bonds is 4. The lowest BCUT2D eigenvalue weighted by atomic mass is 10.1. The molecular weight excluding hydrogens is 260 g/mol. The van der Waals surface area contributed by atoms with Crippen LogP contribution in [-0.4, -0.2) is 21.6 Å². The Morgan fingerprint density at radius 1 is 1.35 bits per heavy atom. The smallest absolute Gasteiger partial charge is 0.336 e. The van der Waals surface area contributed by atoms with Gasteiger partial charge in [-0.3, -0.25) is 9.59 Å². The maximum atomic E-state index is 12.1. The van der Waals surface area contributed by atoms with E-state index in [9.17, 15) is 14.4 Å². The summed E-state index contributed by atoms with van der Waals surface area (Å²) in [6, 6.07) is 7.75. The maximum absolute atomic E-state index is 12.1. The van der Waals surface area contributed by atoms with Crippen molar-refractivity contribution in [3.05, 3.63) is 46.2 Å². The topological polar surface area (TPSA) is 102 Å². The summed E-state index contributed by atoms with van der Waals surface area (Å²) in [5.41, 5.74) is 5.17. The molecule has 1 unspecified atom stereocenters. The summed E-state index contributed by atoms with van der Waals surface area (Å²) in [4.78, 5) is 34.4. The SMILES string of the molecule is CC(Cn1c(=O)cc(C(=O)O)c2ccccc21)C(N)=O. The highest BCUT2D eigenvalue weighted by molar-refractivity contribution is 6.02. The van der Waals surface area contributed by atoms with Gasteiger partial charge in [-0.2, -0.15) is 0 Å². The molecular formula is C14H14N2O4. The molecule has 1 atom stereocenters. The number of carboxylic acid groups (broad SMARTS) is 1. The first-order valence-corrected chi connectivity index (χ1v) is 6.07. The predicted molar refractivity (Wildman–Crippen MR) is 73.5 cm³/mol. The number of hydrogen-bond donors (Lipinski definition) is 2. The van der Waals surface area contributed by atoms with E-state index >= 15 is 0 Å². The van der Waals surface area contributed by atoms with Gasteiger partial charge in [-0.05, 0) is 6.07 Å². The van der Waals surface area contributed by atoms with Crippen LogP contribution in [0.15, 0.2) is 35.1 Å². The molecule has 6 nitrogen and oxygen atoms in total. The minimum absolute atomic E-state index is 0.0476. The van der Waals surface area contributed by atoms with Gasteiger partial charge in [-0.1, -0.05) is 25.1 Å². The summed E-state index contributed by atoms with van der Waals surface area (Å²) in [5.74, 6) is -2.19. The van der Waals surface area contributed by atoms with E-state index in [2.05, 4.69) is 0 Å². The number of para-hydroxylation sites is 1. The van der Waals surface area contributed by atoms with Crippen LogP contribution in [0.25, 0.3) is 10.9 Å². The van der Waals surface area contributed by atoms with E-state index in [1.54, 1.807) is 31.2 Å². The highest BCUT2D eigenvalue weighted by atomic mass is 16.4. The minimum Gasteiger partial charge on any atom is -0.478 e. The van der Waals surface area contributed by atoms with Crippen molar-refractivity contribution in [1.82, 2.24) is 4.57 Å². The zero-order valence-electron chi connectivity index (χ0n) is 10.9. The summed E-state index contributed by atoms with van der Waals surface area (Å²) in [7, 11) is 0. The maximum Gasteiger partial charge on any atom is 0.336 e. The Morgan fingerprint density at radius 3 is 2.60 bits per heavy atom. The number of fused-ring (bicyclic) bond motifs is 1. The fraction of sp³-hybridized carbons (Fsp3) is 0.214. The van der Waals surface area contributed by atoms with Crippen molar-refractivity contribution < 1.29 is 14.7 Å². The number of amides is 1. The van der Waals surface area contributed by atoms with Crippen LogP contribution in [-0.2, 0) is 11.3 Å². The van der Waals surface area contributed by atoms with Gasteiger partial charge < -0.3 is 15.4 Å². The molecule has 2 aromatic rings. The van der Waals surface area contributed by atoms with Gasteiger partial charge in [0.15, 0.2) is 0 Å². The number of nitrogens with two attached hydrogens (primary N) is 1. The van der Waals surface area contributed by atoms with Crippen LogP contribution < -0.4 is 11.3 Å². The molecule has 0 aliphatic rings. The van der Waals surface area contributed by atoms with Gasteiger partial charge in [0, 0.05) is 18.0 Å². The van der Waals surface area contributed by atoms with Gasteiger partial charge in [0.05, 0.1) is 17.0 Å². The first-order valence-electron chi connectivity index (χ1n) is 6.07. The molecule has 20 heavy (non-hydrogen) atoms. The third-order valence-electron chi connectivity index (χ3n) is 3.19. The second kappa shape index (κ2) is 5.16. The third kappa shape index (κ3) is 2.40. The predicted octanol–water partition coefficient (Wildman–Crippen LogP) is 0.821. The monoisotopic (exact) mass is 274 g/mol. The fourth-order valence-electron chi connectivity index (χ4n) is 2.06. The van der Waals surface area contributed by atoms with Crippen molar-refractivity contribution in [1.29, 1.82) is 0 Å². The van der Waals surface area contributed by atoms with Crippen molar-refractivity contribution >= 4 is 22.8 Å². The van der Waals surface area contributed by atoms with Gasteiger partial charge in [-0.15, -0.1) is 0 Å². The molecule has 0 aliphatic heterocycles. The highest BCUT2D eigenvalue weighted by Gasteiger charge is 2.16. The molecule has 6 heteroatoms. The van der Waals surface area contributed by atoms with Crippen LogP contribution in [0.5, 0.6) is 0 Å². The van der Waals surface area contributed by atoms with Gasteiger partial charge in [0.1, 0.15) is 0 Å². The normalized spacial score (nSPS) is 12.2. The van der Waals surface area contributed by atoms with E-state index in [0.29, 0.717) is 10.9 Å². The fourth-order valence-corrected chi connectivity index (χ4v) is 2.06. The molecule has 0 bridgehead atoms. The number of benzene rings is 1. The highest BCUT2D eigenvalue weighted by Crippen LogP contribution is 2.17. The van der Waals surface area contributed by atoms with Gasteiger partial charge in [-0.25, -0.2) is 4.79 Å². The molecule has 0 saturated heterocycles. The van der Waals surface area contributed by atoms with Crippen LogP contribution in [0.4, 0.5) is 0 Å². The summed E-state index contributed by atoms with van der Waals surface area (Å²) < 4.78 is 1.37. The van der Waals surface area contributed by atoms with Gasteiger partial charge >= 0.3 is 5.97 Å². The Balaban J connectivity index is 2.70. The van der Waals surface area contributed by atoms with E-state index in [4.69, 9.17) is 10.8 Å². The van der Waals surface area contributed by atoms with Gasteiger partial charge in [0.2, 0.25) is 5.91 Å². The summed E-state index contributed by atoms with van der Waals surface area (Å²) in [5, 5.41) is 9.60. The molecule has 1 aromatic heterocycles. The lowest BCUT2D eigenvalue weighted by Crippen LogP contribution is -2.30. The average molecular weight is 274 g/mol. The molecule has 104 valence electrons. The number of carbonyl (C=O) groups is 2. The lowest BCUT2D eigenvalue weighted by Gasteiger charge is -2.14. The largest absolute Gasteiger partial charge is 0.478 e. The van der Waals surface area contributed by atoms with E-state index in [1.807, 2.05) is 0 Å². The standard InChI is InChI=1S/C14H14N2O4/c1-8(13(15)18)7-16-11-5-3-2-4-9(11)10(14(19)20)6-12(16)17/h2-6,8H,7H2,1H3,(H2,15,18)(H,19,20). The zero-order valence-corrected chi connectivity index (χ0v) is 10.9. The number of carboxylic acids is 1. The molecule has 0 aliphatic carbocycles. The molecule has 1 heterocycles. The summed E-state index contributed by atoms with van der Waals surface area (Å²) in [6.45, 7) is 1.74. The molecule has 1 aromatic carbocycles. The molecule has 0 radical (unpaired) electrons. The second-order valence-electron chi connectivity index (χ2n) is 4.63. The number of hydrogen-bond acceptors (Lipinski definition) is 3. The number of carbonyl (C=O) groups excluding carboxylic acids is 1.